The lowest BCUT2D eigenvalue weighted by molar-refractivity contribution is -0.121. The number of aryl methyl sites for hydroxylation is 1. The molecule has 0 saturated carbocycles. The summed E-state index contributed by atoms with van der Waals surface area (Å²) in [7, 11) is -3.55. The minimum atomic E-state index is -3.55. The van der Waals surface area contributed by atoms with Crippen LogP contribution in [-0.2, 0) is 21.4 Å². The zero-order valence-corrected chi connectivity index (χ0v) is 16.5. The van der Waals surface area contributed by atoms with Crippen LogP contribution in [0.3, 0.4) is 0 Å². The van der Waals surface area contributed by atoms with Gasteiger partial charge in [0, 0.05) is 25.1 Å². The topological polar surface area (TPSA) is 83.6 Å². The normalized spacial score (nSPS) is 11.1. The predicted molar refractivity (Wildman–Crippen MR) is 106 cm³/mol. The Bertz CT molecular complexity index is 921. The number of nitrogens with zero attached hydrogens (tertiary/aromatic N) is 1. The van der Waals surface area contributed by atoms with E-state index in [1.165, 1.54) is 11.2 Å². The number of rotatable bonds is 8. The van der Waals surface area contributed by atoms with Crippen molar-refractivity contribution in [3.8, 4) is 0 Å². The Labute approximate surface area is 160 Å². The first-order valence-corrected chi connectivity index (χ1v) is 10.4. The molecule has 2 rings (SSSR count). The molecule has 0 radical (unpaired) electrons. The highest BCUT2D eigenvalue weighted by atomic mass is 32.2. The van der Waals surface area contributed by atoms with Crippen molar-refractivity contribution in [1.82, 2.24) is 5.32 Å². The van der Waals surface area contributed by atoms with Crippen molar-refractivity contribution >= 4 is 27.4 Å². The highest BCUT2D eigenvalue weighted by Crippen LogP contribution is 2.19. The third-order valence-corrected chi connectivity index (χ3v) is 5.27. The van der Waals surface area contributed by atoms with Gasteiger partial charge in [-0.1, -0.05) is 29.8 Å². The van der Waals surface area contributed by atoms with Gasteiger partial charge >= 0.3 is 0 Å². The highest BCUT2D eigenvalue weighted by molar-refractivity contribution is 7.92. The number of sulfonamides is 1. The second kappa shape index (κ2) is 8.81. The molecule has 7 heteroatoms. The SMILES string of the molecule is CC(=O)c1ccc(N(CCC(=O)NCc2cccc(C)c2)S(C)(=O)=O)cc1. The van der Waals surface area contributed by atoms with Gasteiger partial charge in [0.25, 0.3) is 0 Å². The summed E-state index contributed by atoms with van der Waals surface area (Å²) in [6.45, 7) is 3.85. The van der Waals surface area contributed by atoms with E-state index in [9.17, 15) is 18.0 Å². The van der Waals surface area contributed by atoms with Crippen LogP contribution in [0.2, 0.25) is 0 Å². The van der Waals surface area contributed by atoms with Crippen molar-refractivity contribution in [2.45, 2.75) is 26.8 Å². The number of hydrogen-bond acceptors (Lipinski definition) is 4. The number of nitrogens with one attached hydrogen (secondary N) is 1. The van der Waals surface area contributed by atoms with E-state index in [0.29, 0.717) is 17.8 Å². The lowest BCUT2D eigenvalue weighted by Crippen LogP contribution is -2.34. The van der Waals surface area contributed by atoms with Crippen molar-refractivity contribution in [2.24, 2.45) is 0 Å². The number of amides is 1. The van der Waals surface area contributed by atoms with Gasteiger partial charge in [-0.15, -0.1) is 0 Å². The molecule has 2 aromatic carbocycles. The van der Waals surface area contributed by atoms with Gasteiger partial charge in [-0.25, -0.2) is 8.42 Å². The number of anilines is 1. The summed E-state index contributed by atoms with van der Waals surface area (Å²) in [6, 6.07) is 14.1. The molecule has 6 nitrogen and oxygen atoms in total. The van der Waals surface area contributed by atoms with E-state index in [1.807, 2.05) is 31.2 Å². The minimum Gasteiger partial charge on any atom is -0.352 e. The molecule has 0 aliphatic heterocycles. The molecule has 0 atom stereocenters. The predicted octanol–water partition coefficient (Wildman–Crippen LogP) is 2.67. The molecule has 0 saturated heterocycles. The molecule has 27 heavy (non-hydrogen) atoms. The molecule has 0 aliphatic rings. The molecular weight excluding hydrogens is 364 g/mol. The Morgan fingerprint density at radius 2 is 1.74 bits per heavy atom. The van der Waals surface area contributed by atoms with Crippen LogP contribution in [0.4, 0.5) is 5.69 Å². The first-order valence-electron chi connectivity index (χ1n) is 8.58. The van der Waals surface area contributed by atoms with Crippen molar-refractivity contribution in [3.05, 3.63) is 65.2 Å². The van der Waals surface area contributed by atoms with Gasteiger partial charge in [0.05, 0.1) is 11.9 Å². The maximum Gasteiger partial charge on any atom is 0.232 e. The molecule has 144 valence electrons. The summed E-state index contributed by atoms with van der Waals surface area (Å²) in [5.74, 6) is -0.325. The third kappa shape index (κ3) is 6.21. The molecule has 0 unspecified atom stereocenters. The van der Waals surface area contributed by atoms with Crippen LogP contribution in [0.1, 0.15) is 34.8 Å². The Morgan fingerprint density at radius 1 is 1.07 bits per heavy atom. The fraction of sp³-hybridized carbons (Fsp3) is 0.300. The summed E-state index contributed by atoms with van der Waals surface area (Å²) in [5, 5.41) is 2.80. The maximum absolute atomic E-state index is 12.1. The second-order valence-electron chi connectivity index (χ2n) is 6.45. The highest BCUT2D eigenvalue weighted by Gasteiger charge is 2.18. The molecule has 0 aromatic heterocycles. The fourth-order valence-electron chi connectivity index (χ4n) is 2.66. The summed E-state index contributed by atoms with van der Waals surface area (Å²) in [5.41, 5.74) is 3.03. The van der Waals surface area contributed by atoms with E-state index in [0.717, 1.165) is 17.4 Å². The van der Waals surface area contributed by atoms with Crippen LogP contribution in [0.15, 0.2) is 48.5 Å². The Balaban J connectivity index is 2.00. The van der Waals surface area contributed by atoms with E-state index in [4.69, 9.17) is 0 Å². The van der Waals surface area contributed by atoms with Gasteiger partial charge in [-0.3, -0.25) is 13.9 Å². The Hall–Kier alpha value is -2.67. The van der Waals surface area contributed by atoms with Gasteiger partial charge in [0.2, 0.25) is 15.9 Å². The molecule has 1 N–H and O–H groups in total. The van der Waals surface area contributed by atoms with E-state index < -0.39 is 10.0 Å². The molecule has 0 spiro atoms. The molecule has 0 fully saturated rings. The van der Waals surface area contributed by atoms with Crippen LogP contribution in [0.5, 0.6) is 0 Å². The molecule has 0 aliphatic carbocycles. The summed E-state index contributed by atoms with van der Waals surface area (Å²) in [4.78, 5) is 23.5. The van der Waals surface area contributed by atoms with Crippen LogP contribution >= 0.6 is 0 Å². The molecule has 2 aromatic rings. The Kier molecular flexibility index (Phi) is 6.74. The van der Waals surface area contributed by atoms with Crippen molar-refractivity contribution in [1.29, 1.82) is 0 Å². The quantitative estimate of drug-likeness (QED) is 0.705. The lowest BCUT2D eigenvalue weighted by Gasteiger charge is -2.22. The smallest absolute Gasteiger partial charge is 0.232 e. The van der Waals surface area contributed by atoms with Crippen LogP contribution in [-0.4, -0.2) is 32.9 Å². The van der Waals surface area contributed by atoms with Crippen molar-refractivity contribution in [3.63, 3.8) is 0 Å². The molecule has 1 amide bonds. The van der Waals surface area contributed by atoms with Gasteiger partial charge in [-0.05, 0) is 43.7 Å². The summed E-state index contributed by atoms with van der Waals surface area (Å²) in [6.07, 6.45) is 1.13. The second-order valence-corrected chi connectivity index (χ2v) is 8.36. The van der Waals surface area contributed by atoms with Gasteiger partial charge in [-0.2, -0.15) is 0 Å². The average Bonchev–Trinajstić information content (AvgIpc) is 2.59. The number of ketones is 1. The van der Waals surface area contributed by atoms with E-state index in [-0.39, 0.29) is 24.7 Å². The lowest BCUT2D eigenvalue weighted by atomic mass is 10.1. The summed E-state index contributed by atoms with van der Waals surface area (Å²) < 4.78 is 25.4. The van der Waals surface area contributed by atoms with Crippen LogP contribution in [0, 0.1) is 6.92 Å². The van der Waals surface area contributed by atoms with Crippen LogP contribution in [0.25, 0.3) is 0 Å². The first kappa shape index (κ1) is 20.6. The van der Waals surface area contributed by atoms with E-state index in [1.54, 1.807) is 24.3 Å². The van der Waals surface area contributed by atoms with Gasteiger partial charge < -0.3 is 5.32 Å². The van der Waals surface area contributed by atoms with Gasteiger partial charge in [0.15, 0.2) is 5.78 Å². The minimum absolute atomic E-state index is 0.0257. The number of carbonyl (C=O) groups is 2. The molecular formula is C20H24N2O4S. The molecule has 0 heterocycles. The monoisotopic (exact) mass is 388 g/mol. The third-order valence-electron chi connectivity index (χ3n) is 4.08. The number of carbonyl (C=O) groups excluding carboxylic acids is 2. The molecule has 0 bridgehead atoms. The zero-order chi connectivity index (χ0) is 20.0. The standard InChI is InChI=1S/C20H24N2O4S/c1-15-5-4-6-17(13-15)14-21-20(24)11-12-22(27(3,25)26)19-9-7-18(8-10-19)16(2)23/h4-10,13H,11-12,14H2,1-3H3,(H,21,24). The van der Waals surface area contributed by atoms with E-state index in [2.05, 4.69) is 5.32 Å². The fourth-order valence-corrected chi connectivity index (χ4v) is 3.59. The van der Waals surface area contributed by atoms with Crippen LogP contribution < -0.4 is 9.62 Å². The van der Waals surface area contributed by atoms with E-state index >= 15 is 0 Å². The largest absolute Gasteiger partial charge is 0.352 e. The van der Waals surface area contributed by atoms with Crippen molar-refractivity contribution < 1.29 is 18.0 Å². The number of hydrogen-bond donors (Lipinski definition) is 1. The maximum atomic E-state index is 12.1. The zero-order valence-electron chi connectivity index (χ0n) is 15.7. The van der Waals surface area contributed by atoms with Crippen molar-refractivity contribution in [2.75, 3.05) is 17.1 Å². The summed E-state index contributed by atoms with van der Waals surface area (Å²) >= 11 is 0. The average molecular weight is 388 g/mol. The first-order chi connectivity index (χ1) is 12.7. The van der Waals surface area contributed by atoms with Gasteiger partial charge in [0.1, 0.15) is 0 Å². The number of Topliss-reactive ketones (excluding diaryl/α,β-unsaturated/α-hetero) is 1. The Morgan fingerprint density at radius 3 is 2.30 bits per heavy atom. The number of benzene rings is 2.